The number of piperidine rings is 1. The van der Waals surface area contributed by atoms with Crippen molar-refractivity contribution in [1.82, 2.24) is 10.2 Å². The normalized spacial score (nSPS) is 16.4. The quantitative estimate of drug-likeness (QED) is 0.585. The van der Waals surface area contributed by atoms with Gasteiger partial charge in [-0.05, 0) is 38.3 Å². The third-order valence-electron chi connectivity index (χ3n) is 4.64. The van der Waals surface area contributed by atoms with E-state index in [0.717, 1.165) is 44.9 Å². The number of hydrogen-bond donors (Lipinski definition) is 1. The van der Waals surface area contributed by atoms with Crippen LogP contribution < -0.4 is 5.32 Å². The van der Waals surface area contributed by atoms with Gasteiger partial charge in [0.1, 0.15) is 0 Å². The summed E-state index contributed by atoms with van der Waals surface area (Å²) in [6.07, 6.45) is 12.1. The van der Waals surface area contributed by atoms with Crippen molar-refractivity contribution in [3.05, 3.63) is 0 Å². The van der Waals surface area contributed by atoms with Gasteiger partial charge in [-0.3, -0.25) is 4.79 Å². The van der Waals surface area contributed by atoms with Crippen molar-refractivity contribution in [2.75, 3.05) is 26.2 Å². The lowest BCUT2D eigenvalue weighted by Gasteiger charge is -2.32. The zero-order valence-corrected chi connectivity index (χ0v) is 14.3. The molecule has 1 heterocycles. The van der Waals surface area contributed by atoms with Crippen LogP contribution in [0.1, 0.15) is 78.1 Å². The Morgan fingerprint density at radius 2 is 1.62 bits per heavy atom. The number of likely N-dealkylation sites (tertiary alicyclic amines) is 1. The summed E-state index contributed by atoms with van der Waals surface area (Å²) in [5.74, 6) is 1.16. The molecule has 21 heavy (non-hydrogen) atoms. The van der Waals surface area contributed by atoms with Gasteiger partial charge in [0.25, 0.3) is 0 Å². The van der Waals surface area contributed by atoms with E-state index in [-0.39, 0.29) is 0 Å². The average molecular weight is 296 g/mol. The molecule has 1 aliphatic rings. The van der Waals surface area contributed by atoms with E-state index in [4.69, 9.17) is 0 Å². The number of unbranched alkanes of at least 4 members (excludes halogenated alkanes) is 6. The Hall–Kier alpha value is -0.570. The van der Waals surface area contributed by atoms with E-state index in [1.54, 1.807) is 0 Å². The van der Waals surface area contributed by atoms with Crippen molar-refractivity contribution in [3.63, 3.8) is 0 Å². The van der Waals surface area contributed by atoms with Gasteiger partial charge >= 0.3 is 0 Å². The lowest BCUT2D eigenvalue weighted by molar-refractivity contribution is -0.132. The number of amides is 1. The van der Waals surface area contributed by atoms with Crippen LogP contribution in [-0.4, -0.2) is 37.0 Å². The Bertz CT molecular complexity index is 260. The van der Waals surface area contributed by atoms with Gasteiger partial charge in [0.05, 0.1) is 0 Å². The topological polar surface area (TPSA) is 32.3 Å². The molecule has 1 aliphatic heterocycles. The molecule has 1 fully saturated rings. The van der Waals surface area contributed by atoms with E-state index in [9.17, 15) is 4.79 Å². The van der Waals surface area contributed by atoms with Crippen LogP contribution in [0, 0.1) is 5.92 Å². The predicted octanol–water partition coefficient (Wildman–Crippen LogP) is 3.98. The zero-order valence-electron chi connectivity index (χ0n) is 14.3. The number of carbonyl (C=O) groups is 1. The molecule has 0 aromatic rings. The summed E-state index contributed by atoms with van der Waals surface area (Å²) in [6, 6.07) is 0. The molecule has 1 amide bonds. The first-order valence-electron chi connectivity index (χ1n) is 9.26. The molecule has 1 saturated heterocycles. The molecule has 0 atom stereocenters. The number of rotatable bonds is 11. The van der Waals surface area contributed by atoms with Gasteiger partial charge in [-0.1, -0.05) is 52.4 Å². The Morgan fingerprint density at radius 3 is 2.24 bits per heavy atom. The largest absolute Gasteiger partial charge is 0.343 e. The van der Waals surface area contributed by atoms with Crippen molar-refractivity contribution in [3.8, 4) is 0 Å². The third-order valence-corrected chi connectivity index (χ3v) is 4.64. The maximum Gasteiger partial charge on any atom is 0.222 e. The maximum atomic E-state index is 12.2. The molecule has 124 valence electrons. The predicted molar refractivity (Wildman–Crippen MR) is 90.5 cm³/mol. The highest BCUT2D eigenvalue weighted by molar-refractivity contribution is 5.76. The van der Waals surface area contributed by atoms with E-state index in [1.807, 2.05) is 0 Å². The first kappa shape index (κ1) is 18.5. The maximum absolute atomic E-state index is 12.2. The Labute approximate surface area is 131 Å². The number of hydrogen-bond acceptors (Lipinski definition) is 2. The molecule has 0 bridgehead atoms. The second-order valence-corrected chi connectivity index (χ2v) is 6.50. The van der Waals surface area contributed by atoms with Crippen molar-refractivity contribution in [2.45, 2.75) is 78.1 Å². The highest BCUT2D eigenvalue weighted by atomic mass is 16.2. The van der Waals surface area contributed by atoms with Crippen LogP contribution in [-0.2, 0) is 4.79 Å². The van der Waals surface area contributed by atoms with Crippen molar-refractivity contribution < 1.29 is 4.79 Å². The van der Waals surface area contributed by atoms with Crippen LogP contribution in [0.4, 0.5) is 0 Å². The van der Waals surface area contributed by atoms with Crippen molar-refractivity contribution in [1.29, 1.82) is 0 Å². The molecule has 1 rings (SSSR count). The Morgan fingerprint density at radius 1 is 1.00 bits per heavy atom. The molecule has 0 saturated carbocycles. The zero-order chi connectivity index (χ0) is 15.3. The fourth-order valence-corrected chi connectivity index (χ4v) is 3.13. The van der Waals surface area contributed by atoms with E-state index >= 15 is 0 Å². The fraction of sp³-hybridized carbons (Fsp3) is 0.944. The fourth-order valence-electron chi connectivity index (χ4n) is 3.13. The molecule has 0 radical (unpaired) electrons. The van der Waals surface area contributed by atoms with E-state index < -0.39 is 0 Å². The first-order valence-corrected chi connectivity index (χ1v) is 9.26. The standard InChI is InChI=1S/C18H36N2O/c1-3-5-6-7-8-9-10-11-18(21)20-14-12-17(13-15-20)16-19-4-2/h17,19H,3-16H2,1-2H3. The molecular formula is C18H36N2O. The number of carbonyl (C=O) groups excluding carboxylic acids is 1. The van der Waals surface area contributed by atoms with Gasteiger partial charge < -0.3 is 10.2 Å². The monoisotopic (exact) mass is 296 g/mol. The molecule has 0 spiro atoms. The molecule has 0 unspecified atom stereocenters. The lowest BCUT2D eigenvalue weighted by Crippen LogP contribution is -2.40. The van der Waals surface area contributed by atoms with Crippen LogP contribution in [0.5, 0.6) is 0 Å². The highest BCUT2D eigenvalue weighted by Gasteiger charge is 2.21. The molecule has 1 N–H and O–H groups in total. The Balaban J connectivity index is 2.00. The SMILES string of the molecule is CCCCCCCCCC(=O)N1CCC(CNCC)CC1. The summed E-state index contributed by atoms with van der Waals surface area (Å²) in [7, 11) is 0. The van der Waals surface area contributed by atoms with Crippen LogP contribution in [0.15, 0.2) is 0 Å². The smallest absolute Gasteiger partial charge is 0.222 e. The van der Waals surface area contributed by atoms with Crippen molar-refractivity contribution in [2.24, 2.45) is 5.92 Å². The van der Waals surface area contributed by atoms with Gasteiger partial charge in [0.2, 0.25) is 5.91 Å². The van der Waals surface area contributed by atoms with Crippen LogP contribution >= 0.6 is 0 Å². The first-order chi connectivity index (χ1) is 10.3. The second kappa shape index (κ2) is 12.0. The van der Waals surface area contributed by atoms with Gasteiger partial charge in [-0.2, -0.15) is 0 Å². The van der Waals surface area contributed by atoms with Crippen LogP contribution in [0.25, 0.3) is 0 Å². The minimum atomic E-state index is 0.394. The van der Waals surface area contributed by atoms with E-state index in [1.165, 1.54) is 51.4 Å². The van der Waals surface area contributed by atoms with Gasteiger partial charge in [-0.15, -0.1) is 0 Å². The van der Waals surface area contributed by atoms with E-state index in [2.05, 4.69) is 24.1 Å². The summed E-state index contributed by atoms with van der Waals surface area (Å²) in [6.45, 7) is 8.53. The molecule has 3 nitrogen and oxygen atoms in total. The number of nitrogens with zero attached hydrogens (tertiary/aromatic N) is 1. The second-order valence-electron chi connectivity index (χ2n) is 6.50. The molecule has 0 aromatic carbocycles. The molecule has 0 aliphatic carbocycles. The van der Waals surface area contributed by atoms with Crippen molar-refractivity contribution >= 4 is 5.91 Å². The molecule has 0 aromatic heterocycles. The number of nitrogens with one attached hydrogen (secondary N) is 1. The minimum Gasteiger partial charge on any atom is -0.343 e. The van der Waals surface area contributed by atoms with Gasteiger partial charge in [0.15, 0.2) is 0 Å². The van der Waals surface area contributed by atoms with Crippen LogP contribution in [0.2, 0.25) is 0 Å². The summed E-state index contributed by atoms with van der Waals surface area (Å²) in [4.78, 5) is 14.3. The lowest BCUT2D eigenvalue weighted by atomic mass is 9.96. The minimum absolute atomic E-state index is 0.394. The Kier molecular flexibility index (Phi) is 10.6. The van der Waals surface area contributed by atoms with Gasteiger partial charge in [0, 0.05) is 19.5 Å². The van der Waals surface area contributed by atoms with E-state index in [0.29, 0.717) is 5.91 Å². The summed E-state index contributed by atoms with van der Waals surface area (Å²) < 4.78 is 0. The third kappa shape index (κ3) is 8.45. The van der Waals surface area contributed by atoms with Gasteiger partial charge in [-0.25, -0.2) is 0 Å². The summed E-state index contributed by atoms with van der Waals surface area (Å²) in [5.41, 5.74) is 0. The summed E-state index contributed by atoms with van der Waals surface area (Å²) >= 11 is 0. The highest BCUT2D eigenvalue weighted by Crippen LogP contribution is 2.18. The van der Waals surface area contributed by atoms with Crippen LogP contribution in [0.3, 0.4) is 0 Å². The average Bonchev–Trinajstić information content (AvgIpc) is 2.52. The molecular weight excluding hydrogens is 260 g/mol. The summed E-state index contributed by atoms with van der Waals surface area (Å²) in [5, 5.41) is 3.42. The molecule has 3 heteroatoms.